The van der Waals surface area contributed by atoms with Gasteiger partial charge in [0.15, 0.2) is 10.9 Å². The van der Waals surface area contributed by atoms with Crippen molar-refractivity contribution in [2.45, 2.75) is 76.9 Å². The number of aryl methyl sites for hydroxylation is 1. The molecule has 5 rings (SSSR count). The van der Waals surface area contributed by atoms with Gasteiger partial charge in [0.25, 0.3) is 0 Å². The fourth-order valence-electron chi connectivity index (χ4n) is 5.23. The summed E-state index contributed by atoms with van der Waals surface area (Å²) in [5.41, 5.74) is 2.57. The Hall–Kier alpha value is -2.52. The molecule has 0 spiro atoms. The van der Waals surface area contributed by atoms with Crippen LogP contribution in [-0.2, 0) is 17.8 Å². The highest BCUT2D eigenvalue weighted by atomic mass is 79.9. The molecule has 0 saturated carbocycles. The van der Waals surface area contributed by atoms with E-state index in [1.54, 1.807) is 11.8 Å². The molecule has 9 heteroatoms. The Kier molecular flexibility index (Phi) is 7.78. The highest BCUT2D eigenvalue weighted by molar-refractivity contribution is 9.10. The Morgan fingerprint density at radius 3 is 2.53 bits per heavy atom. The third-order valence-electron chi connectivity index (χ3n) is 6.94. The van der Waals surface area contributed by atoms with Gasteiger partial charge in [-0.3, -0.25) is 0 Å². The number of benzene rings is 2. The maximum Gasteiger partial charge on any atom is 0.410 e. The van der Waals surface area contributed by atoms with Crippen LogP contribution >= 0.6 is 27.7 Å². The topological polar surface area (TPSA) is 67.8 Å². The summed E-state index contributed by atoms with van der Waals surface area (Å²) in [7, 11) is 0. The number of aromatic nitrogens is 2. The number of halogens is 1. The van der Waals surface area contributed by atoms with Crippen LogP contribution < -0.4 is 9.64 Å². The van der Waals surface area contributed by atoms with E-state index >= 15 is 0 Å². The van der Waals surface area contributed by atoms with Crippen LogP contribution in [0.1, 0.15) is 52.2 Å². The van der Waals surface area contributed by atoms with Gasteiger partial charge in [-0.05, 0) is 72.5 Å². The predicted molar refractivity (Wildman–Crippen MR) is 156 cm³/mol. The second-order valence-corrected chi connectivity index (χ2v) is 12.8. The van der Waals surface area contributed by atoms with Crippen LogP contribution in [0.3, 0.4) is 0 Å². The van der Waals surface area contributed by atoms with Gasteiger partial charge in [-0.15, -0.1) is 0 Å². The summed E-state index contributed by atoms with van der Waals surface area (Å²) in [6.45, 7) is 11.8. The number of carbonyl (C=O) groups excluding carboxylic acids is 1. The van der Waals surface area contributed by atoms with Crippen molar-refractivity contribution < 1.29 is 14.3 Å². The molecule has 2 aromatic carbocycles. The Labute approximate surface area is 237 Å². The maximum absolute atomic E-state index is 12.8. The zero-order chi connectivity index (χ0) is 27.0. The zero-order valence-electron chi connectivity index (χ0n) is 22.7. The fraction of sp³-hybridized carbons (Fsp3) is 0.483. The van der Waals surface area contributed by atoms with E-state index in [1.807, 2.05) is 43.9 Å². The van der Waals surface area contributed by atoms with Gasteiger partial charge in [0, 0.05) is 18.5 Å². The molecule has 1 amide bonds. The first-order valence-electron chi connectivity index (χ1n) is 13.3. The van der Waals surface area contributed by atoms with Crippen LogP contribution in [0.4, 0.5) is 10.6 Å². The first-order chi connectivity index (χ1) is 18.2. The molecular weight excluding hydrogens is 564 g/mol. The molecule has 2 atom stereocenters. The molecular formula is C29H35BrN4O3S. The van der Waals surface area contributed by atoms with Crippen molar-refractivity contribution in [2.75, 3.05) is 23.7 Å². The summed E-state index contributed by atoms with van der Waals surface area (Å²) in [6, 6.07) is 12.7. The van der Waals surface area contributed by atoms with Crippen LogP contribution in [0, 0.1) is 0 Å². The van der Waals surface area contributed by atoms with Gasteiger partial charge in [0.05, 0.1) is 16.6 Å². The minimum Gasteiger partial charge on any atom is -0.485 e. The Morgan fingerprint density at radius 2 is 1.89 bits per heavy atom. The molecule has 0 N–H and O–H groups in total. The average Bonchev–Trinajstić information content (AvgIpc) is 3.49. The van der Waals surface area contributed by atoms with Crippen molar-refractivity contribution in [3.05, 3.63) is 52.0 Å². The second kappa shape index (κ2) is 10.9. The molecule has 2 fully saturated rings. The second-order valence-electron chi connectivity index (χ2n) is 10.8. The number of hydrogen-bond donors (Lipinski definition) is 0. The van der Waals surface area contributed by atoms with E-state index < -0.39 is 5.60 Å². The van der Waals surface area contributed by atoms with Crippen molar-refractivity contribution in [1.82, 2.24) is 14.9 Å². The molecule has 1 unspecified atom stereocenters. The molecule has 2 saturated heterocycles. The van der Waals surface area contributed by atoms with Crippen LogP contribution in [0.2, 0.25) is 0 Å². The van der Waals surface area contributed by atoms with Crippen molar-refractivity contribution in [3.63, 3.8) is 0 Å². The predicted octanol–water partition coefficient (Wildman–Crippen LogP) is 6.84. The lowest BCUT2D eigenvalue weighted by molar-refractivity contribution is 0.0214. The minimum absolute atomic E-state index is 0.108. The third kappa shape index (κ3) is 5.45. The van der Waals surface area contributed by atoms with E-state index in [9.17, 15) is 4.79 Å². The summed E-state index contributed by atoms with van der Waals surface area (Å²) >= 11 is 5.45. The van der Waals surface area contributed by atoms with Gasteiger partial charge in [0.1, 0.15) is 23.5 Å². The molecule has 3 heterocycles. The number of likely N-dealkylation sites (tertiary alicyclic amines) is 1. The summed E-state index contributed by atoms with van der Waals surface area (Å²) in [5, 5.41) is 1.73. The van der Waals surface area contributed by atoms with E-state index in [4.69, 9.17) is 19.4 Å². The largest absolute Gasteiger partial charge is 0.485 e. The van der Waals surface area contributed by atoms with Crippen molar-refractivity contribution >= 4 is 50.5 Å². The molecule has 2 aliphatic rings. The SMILES string of the molecule is CCSc1nc(N2C[C@@H]3CC2CN3C(=O)OC(C)(C)C)c2cc(CC)c(Br)c(OCc3ccccc3)c2n1. The maximum atomic E-state index is 12.8. The van der Waals surface area contributed by atoms with Crippen LogP contribution in [0.25, 0.3) is 10.9 Å². The van der Waals surface area contributed by atoms with Gasteiger partial charge in [-0.25, -0.2) is 14.8 Å². The lowest BCUT2D eigenvalue weighted by Gasteiger charge is -2.36. The van der Waals surface area contributed by atoms with Crippen LogP contribution in [0.15, 0.2) is 46.0 Å². The molecule has 2 bridgehead atoms. The van der Waals surface area contributed by atoms with E-state index in [0.29, 0.717) is 13.2 Å². The number of anilines is 1. The normalized spacial score (nSPS) is 18.9. The average molecular weight is 600 g/mol. The Balaban J connectivity index is 1.52. The first-order valence-corrected chi connectivity index (χ1v) is 15.0. The number of ether oxygens (including phenoxy) is 2. The summed E-state index contributed by atoms with van der Waals surface area (Å²) in [4.78, 5) is 27.1. The van der Waals surface area contributed by atoms with Crippen molar-refractivity contribution in [1.29, 1.82) is 0 Å². The number of amides is 1. The quantitative estimate of drug-likeness (QED) is 0.218. The van der Waals surface area contributed by atoms with E-state index in [0.717, 1.165) is 68.4 Å². The highest BCUT2D eigenvalue weighted by Crippen LogP contribution is 2.43. The highest BCUT2D eigenvalue weighted by Gasteiger charge is 2.47. The molecule has 7 nitrogen and oxygen atoms in total. The third-order valence-corrected chi connectivity index (χ3v) is 8.54. The summed E-state index contributed by atoms with van der Waals surface area (Å²) in [5.74, 6) is 2.55. The number of rotatable bonds is 7. The molecule has 1 aromatic heterocycles. The van der Waals surface area contributed by atoms with E-state index in [2.05, 4.69) is 52.9 Å². The smallest absolute Gasteiger partial charge is 0.410 e. The van der Waals surface area contributed by atoms with Gasteiger partial charge in [0.2, 0.25) is 0 Å². The Bertz CT molecular complexity index is 1330. The van der Waals surface area contributed by atoms with Crippen LogP contribution in [-0.4, -0.2) is 57.5 Å². The van der Waals surface area contributed by atoms with Crippen LogP contribution in [0.5, 0.6) is 5.75 Å². The van der Waals surface area contributed by atoms with Gasteiger partial charge in [-0.1, -0.05) is 55.9 Å². The van der Waals surface area contributed by atoms with Gasteiger partial charge < -0.3 is 19.3 Å². The Morgan fingerprint density at radius 1 is 1.13 bits per heavy atom. The van der Waals surface area contributed by atoms with Crippen molar-refractivity contribution in [2.24, 2.45) is 0 Å². The summed E-state index contributed by atoms with van der Waals surface area (Å²) in [6.07, 6.45) is 1.53. The van der Waals surface area contributed by atoms with E-state index in [-0.39, 0.29) is 18.2 Å². The number of carbonyl (C=O) groups is 1. The number of fused-ring (bicyclic) bond motifs is 3. The monoisotopic (exact) mass is 598 g/mol. The number of piperazine rings is 1. The molecule has 0 radical (unpaired) electrons. The molecule has 38 heavy (non-hydrogen) atoms. The molecule has 2 aliphatic heterocycles. The first kappa shape index (κ1) is 27.1. The molecule has 0 aliphatic carbocycles. The molecule has 3 aromatic rings. The number of thioether (sulfide) groups is 1. The lowest BCUT2D eigenvalue weighted by Crippen LogP contribution is -2.50. The number of hydrogen-bond acceptors (Lipinski definition) is 7. The van der Waals surface area contributed by atoms with Gasteiger partial charge in [-0.2, -0.15) is 0 Å². The number of nitrogens with zero attached hydrogens (tertiary/aromatic N) is 4. The summed E-state index contributed by atoms with van der Waals surface area (Å²) < 4.78 is 13.1. The van der Waals surface area contributed by atoms with Gasteiger partial charge >= 0.3 is 6.09 Å². The zero-order valence-corrected chi connectivity index (χ0v) is 25.1. The minimum atomic E-state index is -0.506. The lowest BCUT2D eigenvalue weighted by atomic mass is 10.1. The van der Waals surface area contributed by atoms with E-state index in [1.165, 1.54) is 0 Å². The standard InChI is InChI=1S/C29H35BrN4O3S/c1-6-19-13-22-24(25(23(19)30)36-17-18-11-9-8-10-12-18)31-27(38-7-2)32-26(22)33-15-21-14-20(33)16-34(21)28(35)37-29(3,4)5/h8-13,20-21H,6-7,14-17H2,1-5H3/t20?,21-/m0/s1. The molecule has 202 valence electrons. The van der Waals surface area contributed by atoms with Crippen molar-refractivity contribution in [3.8, 4) is 5.75 Å². The fourth-order valence-corrected chi connectivity index (χ4v) is 6.49.